The number of H-pyrrole nitrogens is 1. The fourth-order valence-electron chi connectivity index (χ4n) is 15.0. The van der Waals surface area contributed by atoms with Crippen LogP contribution >= 0.6 is 11.8 Å². The number of rotatable bonds is 11. The Labute approximate surface area is 409 Å². The van der Waals surface area contributed by atoms with Crippen molar-refractivity contribution in [2.75, 3.05) is 68.2 Å². The highest BCUT2D eigenvalue weighted by molar-refractivity contribution is 7.98. The minimum atomic E-state index is -2.31. The molecule has 4 fully saturated rings. The summed E-state index contributed by atoms with van der Waals surface area (Å²) in [5.41, 5.74) is -0.888. The molecule has 12 atom stereocenters. The molecule has 3 aromatic rings. The van der Waals surface area contributed by atoms with Crippen LogP contribution in [0.25, 0.3) is 10.9 Å². The molecule has 2 bridgehead atoms. The Bertz CT molecular complexity index is 2630. The van der Waals surface area contributed by atoms with E-state index in [0.717, 1.165) is 49.8 Å². The van der Waals surface area contributed by atoms with Crippen molar-refractivity contribution < 1.29 is 48.3 Å². The van der Waals surface area contributed by atoms with Gasteiger partial charge in [-0.15, -0.1) is 11.8 Å². The minimum Gasteiger partial charge on any atom is -0.497 e. The molecule has 15 heteroatoms. The molecule has 6 heterocycles. The van der Waals surface area contributed by atoms with Crippen LogP contribution in [0.3, 0.4) is 0 Å². The number of fused-ring (bicyclic) bond motifs is 6. The Hall–Kier alpha value is -4.64. The first-order chi connectivity index (χ1) is 33.1. The lowest BCUT2D eigenvalue weighted by molar-refractivity contribution is -0.243. The molecule has 1 saturated carbocycles. The summed E-state index contributed by atoms with van der Waals surface area (Å²) in [6.07, 6.45) is 9.60. The Morgan fingerprint density at radius 2 is 1.70 bits per heavy atom. The molecule has 1 aromatic heterocycles. The average molecular weight is 965 g/mol. The molecule has 2 aliphatic carbocycles. The van der Waals surface area contributed by atoms with Crippen LogP contribution in [0.4, 0.5) is 0 Å². The van der Waals surface area contributed by atoms with Gasteiger partial charge in [0, 0.05) is 103 Å². The molecule has 69 heavy (non-hydrogen) atoms. The van der Waals surface area contributed by atoms with Crippen LogP contribution in [0.1, 0.15) is 69.7 Å². The van der Waals surface area contributed by atoms with E-state index in [2.05, 4.69) is 69.4 Å². The smallest absolute Gasteiger partial charge is 0.344 e. The summed E-state index contributed by atoms with van der Waals surface area (Å²) in [5, 5.41) is 26.7. The van der Waals surface area contributed by atoms with Gasteiger partial charge in [-0.3, -0.25) is 19.4 Å². The lowest BCUT2D eigenvalue weighted by Crippen LogP contribution is -2.79. The SMILES string of the molecule is CC[C@]1(O)C[C@H]2CN(CCc3c([nH]c4ccc(SCc5ccc(OC)cc5)cc34)[C@@](C(=O)OC)(C3C=C4C(=CC3OC)N(C)[C@H]3[C@@](O)(C(=O)OC)[C@H](OC(C)=O)[C@]5(CC)C=CCN6CC[C@]43[C@@H]65)C2)C1. The van der Waals surface area contributed by atoms with Crippen molar-refractivity contribution >= 4 is 40.6 Å². The van der Waals surface area contributed by atoms with Gasteiger partial charge >= 0.3 is 17.9 Å². The number of aliphatic hydroxyl groups is 2. The quantitative estimate of drug-likeness (QED) is 0.0897. The lowest BCUT2D eigenvalue weighted by Gasteiger charge is -2.63. The molecule has 1 spiro atoms. The number of aromatic amines is 1. The zero-order valence-corrected chi connectivity index (χ0v) is 42.0. The Morgan fingerprint density at radius 3 is 2.38 bits per heavy atom. The number of esters is 3. The van der Waals surface area contributed by atoms with Crippen LogP contribution in [0.2, 0.25) is 0 Å². The maximum atomic E-state index is 15.7. The largest absolute Gasteiger partial charge is 0.497 e. The zero-order valence-electron chi connectivity index (χ0n) is 41.2. The minimum absolute atomic E-state index is 0.101. The summed E-state index contributed by atoms with van der Waals surface area (Å²) >= 11 is 1.75. The lowest BCUT2D eigenvalue weighted by atomic mass is 9.47. The molecule has 7 aliphatic rings. The van der Waals surface area contributed by atoms with E-state index in [1.165, 1.54) is 26.7 Å². The number of nitrogens with one attached hydrogen (secondary N) is 1. The number of ether oxygens (including phenoxy) is 5. The summed E-state index contributed by atoms with van der Waals surface area (Å²) in [7, 11) is 7.95. The fourth-order valence-corrected chi connectivity index (χ4v) is 15.8. The summed E-state index contributed by atoms with van der Waals surface area (Å²) < 4.78 is 29.8. The molecule has 5 aliphatic heterocycles. The monoisotopic (exact) mass is 964 g/mol. The first kappa shape index (κ1) is 48.0. The number of aromatic nitrogens is 1. The predicted molar refractivity (Wildman–Crippen MR) is 261 cm³/mol. The van der Waals surface area contributed by atoms with Gasteiger partial charge in [0.05, 0.1) is 39.1 Å². The number of methoxy groups -OCH3 is 4. The highest BCUT2D eigenvalue weighted by Gasteiger charge is 2.81. The predicted octanol–water partition coefficient (Wildman–Crippen LogP) is 5.93. The van der Waals surface area contributed by atoms with Gasteiger partial charge in [-0.25, -0.2) is 4.79 Å². The van der Waals surface area contributed by atoms with E-state index in [1.54, 1.807) is 26.0 Å². The second-order valence-electron chi connectivity index (χ2n) is 20.9. The van der Waals surface area contributed by atoms with Crippen LogP contribution in [0.5, 0.6) is 5.75 Å². The van der Waals surface area contributed by atoms with E-state index in [1.807, 2.05) is 37.9 Å². The first-order valence-electron chi connectivity index (χ1n) is 24.6. The van der Waals surface area contributed by atoms with Gasteiger partial charge in [-0.2, -0.15) is 0 Å². The maximum Gasteiger partial charge on any atom is 0.344 e. The molecule has 3 saturated heterocycles. The van der Waals surface area contributed by atoms with E-state index in [0.29, 0.717) is 71.2 Å². The van der Waals surface area contributed by atoms with Gasteiger partial charge < -0.3 is 43.8 Å². The summed E-state index contributed by atoms with van der Waals surface area (Å²) in [6.45, 7) is 8.63. The van der Waals surface area contributed by atoms with E-state index in [9.17, 15) is 19.8 Å². The zero-order chi connectivity index (χ0) is 48.8. The van der Waals surface area contributed by atoms with Gasteiger partial charge in [0.15, 0.2) is 6.10 Å². The number of hydrogen-bond acceptors (Lipinski definition) is 14. The Balaban J connectivity index is 1.19. The topological polar surface area (TPSA) is 163 Å². The molecule has 14 nitrogen and oxygen atoms in total. The highest BCUT2D eigenvalue weighted by Crippen LogP contribution is 2.70. The van der Waals surface area contributed by atoms with Crippen LogP contribution in [-0.4, -0.2) is 152 Å². The molecule has 370 valence electrons. The number of benzene rings is 2. The number of carbonyl (C=O) groups excluding carboxylic acids is 3. The van der Waals surface area contributed by atoms with Crippen molar-refractivity contribution in [3.05, 3.63) is 94.9 Å². The van der Waals surface area contributed by atoms with Crippen LogP contribution in [0, 0.1) is 22.7 Å². The van der Waals surface area contributed by atoms with Crippen molar-refractivity contribution in [2.45, 2.75) is 111 Å². The molecule has 3 unspecified atom stereocenters. The third kappa shape index (κ3) is 7.02. The molecule has 2 aromatic carbocycles. The Kier molecular flexibility index (Phi) is 12.2. The number of likely N-dealkylation sites (tertiary alicyclic amines) is 1. The van der Waals surface area contributed by atoms with Crippen molar-refractivity contribution in [1.82, 2.24) is 19.7 Å². The van der Waals surface area contributed by atoms with E-state index >= 15 is 4.79 Å². The van der Waals surface area contributed by atoms with Gasteiger partial charge in [0.1, 0.15) is 11.2 Å². The van der Waals surface area contributed by atoms with Crippen LogP contribution < -0.4 is 4.74 Å². The van der Waals surface area contributed by atoms with Crippen LogP contribution in [-0.2, 0) is 50.9 Å². The number of piperidine rings is 1. The van der Waals surface area contributed by atoms with Crippen LogP contribution in [0.15, 0.2) is 82.9 Å². The third-order valence-corrected chi connectivity index (χ3v) is 18.7. The number of thioether (sulfide) groups is 1. The van der Waals surface area contributed by atoms with Gasteiger partial charge in [-0.05, 0) is 104 Å². The number of nitrogens with zero attached hydrogens (tertiary/aromatic N) is 3. The molecule has 3 N–H and O–H groups in total. The number of allylic oxidation sites excluding steroid dienone is 1. The fraction of sp³-hybridized carbons (Fsp3) is 0.574. The van der Waals surface area contributed by atoms with Crippen molar-refractivity contribution in [2.24, 2.45) is 22.7 Å². The van der Waals surface area contributed by atoms with Crippen molar-refractivity contribution in [1.29, 1.82) is 0 Å². The second kappa shape index (κ2) is 17.6. The van der Waals surface area contributed by atoms with Crippen molar-refractivity contribution in [3.8, 4) is 5.75 Å². The molecule has 10 rings (SSSR count). The first-order valence-corrected chi connectivity index (χ1v) is 25.6. The third-order valence-electron chi connectivity index (χ3n) is 17.6. The molecular formula is C54H68N4O10S. The molecular weight excluding hydrogens is 897 g/mol. The summed E-state index contributed by atoms with van der Waals surface area (Å²) in [6, 6.07) is 13.4. The van der Waals surface area contributed by atoms with E-state index in [-0.39, 0.29) is 12.0 Å². The van der Waals surface area contributed by atoms with E-state index in [4.69, 9.17) is 23.7 Å². The second-order valence-corrected chi connectivity index (χ2v) is 21.9. The van der Waals surface area contributed by atoms with Gasteiger partial charge in [-0.1, -0.05) is 44.2 Å². The number of hydrogen-bond donors (Lipinski definition) is 3. The normalized spacial score (nSPS) is 36.7. The summed E-state index contributed by atoms with van der Waals surface area (Å²) in [5.74, 6) is -1.05. The van der Waals surface area contributed by atoms with Gasteiger partial charge in [0.2, 0.25) is 5.60 Å². The van der Waals surface area contributed by atoms with Gasteiger partial charge in [0.25, 0.3) is 0 Å². The molecule has 0 amide bonds. The van der Waals surface area contributed by atoms with Crippen molar-refractivity contribution in [3.63, 3.8) is 0 Å². The highest BCUT2D eigenvalue weighted by atomic mass is 32.2. The average Bonchev–Trinajstić information content (AvgIpc) is 4.02. The Morgan fingerprint density at radius 1 is 0.928 bits per heavy atom. The summed E-state index contributed by atoms with van der Waals surface area (Å²) in [4.78, 5) is 55.2. The molecule has 0 radical (unpaired) electrons. The number of likely N-dealkylation sites (N-methyl/N-ethyl adjacent to an activating group) is 1. The van der Waals surface area contributed by atoms with E-state index < -0.39 is 69.5 Å². The standard InChI is InChI=1S/C54H68N4O10S/c1-9-50(62)27-34-28-53(48(60)66-7,44-37(18-22-57(29-34)31-50)38-24-36(16-17-41(38)55-44)69-30-33-12-14-35(64-5)15-13-33)40-25-39-42(26-43(40)65-6)56(4)46-52(39)20-23-58-21-11-19-51(10-2,45(52)58)47(68-32(3)59)54(46,63)49(61)67-8/h11-17,19,24-26,34,40,43,45-47,55,62-63H,9-10,18,20-23,27-31H2,1-8H3/t34-,40?,43?,45+,46-,47-,50+,51-,52-,53+,54+/m1/s1. The maximum absolute atomic E-state index is 15.7. The number of carbonyl (C=O) groups is 3.